The number of non-ortho nitro benzene ring substituents is 1. The highest BCUT2D eigenvalue weighted by molar-refractivity contribution is 7.99. The Balaban J connectivity index is 1.27. The maximum atomic E-state index is 12.8. The predicted molar refractivity (Wildman–Crippen MR) is 131 cm³/mol. The first-order valence-corrected chi connectivity index (χ1v) is 11.9. The molecule has 0 bridgehead atoms. The topological polar surface area (TPSA) is 123 Å². The number of hydrogen-bond donors (Lipinski definition) is 1. The van der Waals surface area contributed by atoms with Gasteiger partial charge in [-0.3, -0.25) is 24.5 Å². The van der Waals surface area contributed by atoms with Gasteiger partial charge in [-0.15, -0.1) is 11.3 Å². The molecule has 0 spiro atoms. The van der Waals surface area contributed by atoms with Gasteiger partial charge in [-0.1, -0.05) is 11.8 Å². The molecule has 1 N–H and O–H groups in total. The van der Waals surface area contributed by atoms with Gasteiger partial charge in [-0.25, -0.2) is 9.88 Å². The van der Waals surface area contributed by atoms with Gasteiger partial charge in [0.25, 0.3) is 23.4 Å². The number of nitrogens with one attached hydrogen (secondary N) is 1. The number of hydrogen-bond acceptors (Lipinski definition) is 8. The Bertz CT molecular complexity index is 1470. The summed E-state index contributed by atoms with van der Waals surface area (Å²) in [5.41, 5.74) is 1.22. The highest BCUT2D eigenvalue weighted by Crippen LogP contribution is 2.31. The summed E-state index contributed by atoms with van der Waals surface area (Å²) in [6.07, 6.45) is 1.51. The van der Waals surface area contributed by atoms with Crippen molar-refractivity contribution in [3.05, 3.63) is 105 Å². The molecule has 0 radical (unpaired) electrons. The van der Waals surface area contributed by atoms with Crippen molar-refractivity contribution in [3.8, 4) is 0 Å². The van der Waals surface area contributed by atoms with Crippen LogP contribution in [-0.4, -0.2) is 27.6 Å². The Morgan fingerprint density at radius 1 is 0.943 bits per heavy atom. The molecule has 1 aliphatic rings. The average molecular weight is 503 g/mol. The smallest absolute Gasteiger partial charge is 0.269 e. The Morgan fingerprint density at radius 3 is 2.23 bits per heavy atom. The molecule has 172 valence electrons. The van der Waals surface area contributed by atoms with Crippen molar-refractivity contribution in [1.29, 1.82) is 0 Å². The number of fused-ring (bicyclic) bond motifs is 1. The molecule has 0 atom stereocenters. The Kier molecular flexibility index (Phi) is 5.85. The monoisotopic (exact) mass is 502 g/mol. The molecule has 11 heteroatoms. The number of rotatable bonds is 6. The molecule has 9 nitrogen and oxygen atoms in total. The second kappa shape index (κ2) is 9.12. The number of carbonyl (C=O) groups is 3. The number of nitro groups is 1. The molecular formula is C24H14N4O5S2. The summed E-state index contributed by atoms with van der Waals surface area (Å²) >= 11 is 2.61. The van der Waals surface area contributed by atoms with Gasteiger partial charge < -0.3 is 5.32 Å². The van der Waals surface area contributed by atoms with Gasteiger partial charge in [0.2, 0.25) is 0 Å². The molecule has 0 saturated carbocycles. The summed E-state index contributed by atoms with van der Waals surface area (Å²) in [6, 6.07) is 17.7. The van der Waals surface area contributed by atoms with Crippen molar-refractivity contribution in [2.45, 2.75) is 9.79 Å². The van der Waals surface area contributed by atoms with E-state index in [-0.39, 0.29) is 27.5 Å². The van der Waals surface area contributed by atoms with E-state index in [1.807, 2.05) is 12.1 Å². The van der Waals surface area contributed by atoms with Crippen molar-refractivity contribution in [1.82, 2.24) is 4.98 Å². The number of nitrogens with zero attached hydrogens (tertiary/aromatic N) is 3. The molecule has 0 saturated heterocycles. The first-order chi connectivity index (χ1) is 16.9. The number of amides is 3. The number of anilines is 2. The van der Waals surface area contributed by atoms with Crippen LogP contribution in [0.1, 0.15) is 31.1 Å². The standard InChI is InChI=1S/C24H14N4O5S2/c29-21(14-1-10-19-20(13-14)23(31)27(22(19)30)24-25-11-12-34-24)26-15-2-6-17(7-3-15)35-18-8-4-16(5-9-18)28(32)33/h1-13H,(H,26,29). The molecule has 0 fully saturated rings. The maximum Gasteiger partial charge on any atom is 0.269 e. The SMILES string of the molecule is O=C(Nc1ccc(Sc2ccc([N+](=O)[O-])cc2)cc1)c1ccc2c(c1)C(=O)N(c1nccs1)C2=O. The highest BCUT2D eigenvalue weighted by atomic mass is 32.2. The molecule has 1 aromatic heterocycles. The van der Waals surface area contributed by atoms with E-state index >= 15 is 0 Å². The van der Waals surface area contributed by atoms with Gasteiger partial charge in [0.15, 0.2) is 5.13 Å². The van der Waals surface area contributed by atoms with E-state index in [2.05, 4.69) is 10.3 Å². The van der Waals surface area contributed by atoms with Gasteiger partial charge in [0, 0.05) is 44.8 Å². The summed E-state index contributed by atoms with van der Waals surface area (Å²) < 4.78 is 0. The van der Waals surface area contributed by atoms with Crippen LogP contribution in [0.3, 0.4) is 0 Å². The Hall–Kier alpha value is -4.35. The van der Waals surface area contributed by atoms with Crippen molar-refractivity contribution in [2.75, 3.05) is 10.2 Å². The molecule has 35 heavy (non-hydrogen) atoms. The van der Waals surface area contributed by atoms with E-state index in [9.17, 15) is 24.5 Å². The third-order valence-electron chi connectivity index (χ3n) is 5.15. The maximum absolute atomic E-state index is 12.8. The summed E-state index contributed by atoms with van der Waals surface area (Å²) in [5.74, 6) is -1.40. The molecule has 2 heterocycles. The van der Waals surface area contributed by atoms with E-state index in [4.69, 9.17) is 0 Å². The first kappa shape index (κ1) is 22.4. The highest BCUT2D eigenvalue weighted by Gasteiger charge is 2.38. The minimum absolute atomic E-state index is 0.0286. The number of nitro benzene ring substituents is 1. The number of imide groups is 1. The van der Waals surface area contributed by atoms with Crippen molar-refractivity contribution < 1.29 is 19.3 Å². The molecule has 3 aromatic carbocycles. The molecule has 0 aliphatic carbocycles. The lowest BCUT2D eigenvalue weighted by atomic mass is 10.1. The first-order valence-electron chi connectivity index (χ1n) is 10.2. The fourth-order valence-electron chi connectivity index (χ4n) is 3.46. The number of thiazole rings is 1. The predicted octanol–water partition coefficient (Wildman–Crippen LogP) is 5.26. The number of carbonyl (C=O) groups excluding carboxylic acids is 3. The largest absolute Gasteiger partial charge is 0.322 e. The number of benzene rings is 3. The third-order valence-corrected chi connectivity index (χ3v) is 6.93. The second-order valence-electron chi connectivity index (χ2n) is 7.35. The van der Waals surface area contributed by atoms with Gasteiger partial charge in [-0.05, 0) is 54.6 Å². The van der Waals surface area contributed by atoms with Crippen LogP contribution >= 0.6 is 23.1 Å². The zero-order valence-electron chi connectivity index (χ0n) is 17.7. The van der Waals surface area contributed by atoms with E-state index in [0.717, 1.165) is 14.7 Å². The van der Waals surface area contributed by atoms with Crippen LogP contribution in [0, 0.1) is 10.1 Å². The lowest BCUT2D eigenvalue weighted by Crippen LogP contribution is -2.29. The summed E-state index contributed by atoms with van der Waals surface area (Å²) in [7, 11) is 0. The van der Waals surface area contributed by atoms with Gasteiger partial charge in [0.05, 0.1) is 16.1 Å². The normalized spacial score (nSPS) is 12.5. The van der Waals surface area contributed by atoms with Crippen LogP contribution in [0.25, 0.3) is 0 Å². The third kappa shape index (κ3) is 4.42. The van der Waals surface area contributed by atoms with Crippen molar-refractivity contribution in [3.63, 3.8) is 0 Å². The van der Waals surface area contributed by atoms with Crippen molar-refractivity contribution in [2.24, 2.45) is 0 Å². The zero-order chi connectivity index (χ0) is 24.5. The average Bonchev–Trinajstić information content (AvgIpc) is 3.47. The summed E-state index contributed by atoms with van der Waals surface area (Å²) in [6.45, 7) is 0. The fraction of sp³-hybridized carbons (Fsp3) is 0. The van der Waals surface area contributed by atoms with Crippen molar-refractivity contribution >= 4 is 57.3 Å². The van der Waals surface area contributed by atoms with E-state index in [0.29, 0.717) is 5.69 Å². The van der Waals surface area contributed by atoms with E-state index in [1.165, 1.54) is 59.6 Å². The lowest BCUT2D eigenvalue weighted by molar-refractivity contribution is -0.384. The summed E-state index contributed by atoms with van der Waals surface area (Å²) in [4.78, 5) is 55.3. The molecule has 3 amide bonds. The lowest BCUT2D eigenvalue weighted by Gasteiger charge is -2.08. The molecule has 0 unspecified atom stereocenters. The van der Waals surface area contributed by atoms with Crippen LogP contribution < -0.4 is 10.2 Å². The number of aromatic nitrogens is 1. The second-order valence-corrected chi connectivity index (χ2v) is 9.37. The van der Waals surface area contributed by atoms with Gasteiger partial charge >= 0.3 is 0 Å². The molecule has 1 aliphatic heterocycles. The van der Waals surface area contributed by atoms with Crippen LogP contribution in [0.5, 0.6) is 0 Å². The molecule has 5 rings (SSSR count). The van der Waals surface area contributed by atoms with Crippen LogP contribution in [0.4, 0.5) is 16.5 Å². The Morgan fingerprint density at radius 2 is 1.60 bits per heavy atom. The molecular weight excluding hydrogens is 488 g/mol. The summed E-state index contributed by atoms with van der Waals surface area (Å²) in [5, 5.41) is 15.5. The fourth-order valence-corrected chi connectivity index (χ4v) is 4.92. The quantitative estimate of drug-likeness (QED) is 0.217. The molecule has 4 aromatic rings. The van der Waals surface area contributed by atoms with Crippen LogP contribution in [0.2, 0.25) is 0 Å². The van der Waals surface area contributed by atoms with E-state index < -0.39 is 22.6 Å². The van der Waals surface area contributed by atoms with Crippen LogP contribution in [-0.2, 0) is 0 Å². The van der Waals surface area contributed by atoms with E-state index in [1.54, 1.807) is 29.6 Å². The minimum atomic E-state index is -0.512. The van der Waals surface area contributed by atoms with Gasteiger partial charge in [-0.2, -0.15) is 0 Å². The minimum Gasteiger partial charge on any atom is -0.322 e. The van der Waals surface area contributed by atoms with Gasteiger partial charge in [0.1, 0.15) is 0 Å². The zero-order valence-corrected chi connectivity index (χ0v) is 19.3. The van der Waals surface area contributed by atoms with Crippen LogP contribution in [0.15, 0.2) is 88.1 Å². The Labute approximate surface area is 206 Å².